The van der Waals surface area contributed by atoms with Gasteiger partial charge in [0.25, 0.3) is 0 Å². The Morgan fingerprint density at radius 3 is 2.60 bits per heavy atom. The topological polar surface area (TPSA) is 64.0 Å². The summed E-state index contributed by atoms with van der Waals surface area (Å²) in [6, 6.07) is 12.1. The largest absolute Gasteiger partial charge is 0.260 e. The van der Waals surface area contributed by atoms with E-state index in [1.807, 2.05) is 42.1 Å². The predicted octanol–water partition coefficient (Wildman–Crippen LogP) is 3.78. The van der Waals surface area contributed by atoms with Crippen LogP contribution in [-0.2, 0) is 10.0 Å². The Morgan fingerprint density at radius 1 is 1.24 bits per heavy atom. The molecule has 1 unspecified atom stereocenters. The van der Waals surface area contributed by atoms with E-state index in [4.69, 9.17) is 11.6 Å². The average molecular weight is 396 g/mol. The van der Waals surface area contributed by atoms with Crippen molar-refractivity contribution in [3.63, 3.8) is 0 Å². The lowest BCUT2D eigenvalue weighted by Gasteiger charge is -2.19. The van der Waals surface area contributed by atoms with Gasteiger partial charge in [0.15, 0.2) is 0 Å². The van der Waals surface area contributed by atoms with Crippen molar-refractivity contribution in [2.24, 2.45) is 0 Å². The third-order valence-corrected chi connectivity index (χ3v) is 6.70. The number of aryl methyl sites for hydroxylation is 2. The SMILES string of the molecule is Cc1cc(C)n(C(CNS(=O)(=O)c2ccccc2Cl)c2cccs2)n1. The van der Waals surface area contributed by atoms with Crippen molar-refractivity contribution in [1.29, 1.82) is 0 Å². The van der Waals surface area contributed by atoms with Crippen LogP contribution in [0, 0.1) is 13.8 Å². The summed E-state index contributed by atoms with van der Waals surface area (Å²) in [5.74, 6) is 0. The number of nitrogens with one attached hydrogen (secondary N) is 1. The monoisotopic (exact) mass is 395 g/mol. The van der Waals surface area contributed by atoms with Crippen molar-refractivity contribution in [3.05, 3.63) is 69.1 Å². The van der Waals surface area contributed by atoms with Crippen LogP contribution < -0.4 is 4.72 Å². The van der Waals surface area contributed by atoms with E-state index in [0.29, 0.717) is 0 Å². The molecular weight excluding hydrogens is 378 g/mol. The van der Waals surface area contributed by atoms with Crippen molar-refractivity contribution < 1.29 is 8.42 Å². The number of sulfonamides is 1. The van der Waals surface area contributed by atoms with E-state index in [1.165, 1.54) is 6.07 Å². The van der Waals surface area contributed by atoms with Crippen LogP contribution in [0.3, 0.4) is 0 Å². The molecular formula is C17H18ClN3O2S2. The molecule has 0 aliphatic rings. The zero-order valence-electron chi connectivity index (χ0n) is 13.8. The molecule has 0 saturated carbocycles. The maximum atomic E-state index is 12.6. The fourth-order valence-electron chi connectivity index (χ4n) is 2.68. The second-order valence-electron chi connectivity index (χ2n) is 5.69. The standard InChI is InChI=1S/C17H18ClN3O2S2/c1-12-10-13(2)21(20-12)15(16-7-5-9-24-16)11-19-25(22,23)17-8-4-3-6-14(17)18/h3-10,15,19H,11H2,1-2H3. The third-order valence-electron chi connectivity index (χ3n) is 3.80. The zero-order chi connectivity index (χ0) is 18.0. The van der Waals surface area contributed by atoms with E-state index < -0.39 is 10.0 Å². The Bertz CT molecular complexity index is 966. The van der Waals surface area contributed by atoms with Crippen LogP contribution in [0.4, 0.5) is 0 Å². The van der Waals surface area contributed by atoms with Crippen LogP contribution in [0.5, 0.6) is 0 Å². The molecule has 0 saturated heterocycles. The van der Waals surface area contributed by atoms with Gasteiger partial charge in [-0.05, 0) is 43.5 Å². The number of benzene rings is 1. The van der Waals surface area contributed by atoms with Gasteiger partial charge in [0, 0.05) is 17.1 Å². The molecule has 2 heterocycles. The molecule has 132 valence electrons. The predicted molar refractivity (Wildman–Crippen MR) is 101 cm³/mol. The van der Waals surface area contributed by atoms with Gasteiger partial charge < -0.3 is 0 Å². The highest BCUT2D eigenvalue weighted by atomic mass is 35.5. The number of hydrogen-bond donors (Lipinski definition) is 1. The molecule has 25 heavy (non-hydrogen) atoms. The second-order valence-corrected chi connectivity index (χ2v) is 8.81. The van der Waals surface area contributed by atoms with Crippen molar-refractivity contribution in [1.82, 2.24) is 14.5 Å². The van der Waals surface area contributed by atoms with Crippen LogP contribution >= 0.6 is 22.9 Å². The summed E-state index contributed by atoms with van der Waals surface area (Å²) in [5, 5.41) is 6.69. The smallest absolute Gasteiger partial charge is 0.242 e. The molecule has 1 atom stereocenters. The molecule has 1 N–H and O–H groups in total. The summed E-state index contributed by atoms with van der Waals surface area (Å²) >= 11 is 7.61. The first-order valence-electron chi connectivity index (χ1n) is 7.69. The van der Waals surface area contributed by atoms with E-state index in [2.05, 4.69) is 9.82 Å². The Morgan fingerprint density at radius 2 is 2.00 bits per heavy atom. The van der Waals surface area contributed by atoms with Gasteiger partial charge in [-0.15, -0.1) is 11.3 Å². The number of aromatic nitrogens is 2. The van der Waals surface area contributed by atoms with E-state index in [1.54, 1.807) is 29.5 Å². The maximum absolute atomic E-state index is 12.6. The van der Waals surface area contributed by atoms with Crippen LogP contribution in [0.1, 0.15) is 22.3 Å². The highest BCUT2D eigenvalue weighted by Crippen LogP contribution is 2.25. The Labute approximate surface area is 156 Å². The minimum absolute atomic E-state index is 0.0787. The molecule has 0 bridgehead atoms. The van der Waals surface area contributed by atoms with Crippen LogP contribution in [0.2, 0.25) is 5.02 Å². The van der Waals surface area contributed by atoms with Crippen molar-refractivity contribution >= 4 is 33.0 Å². The summed E-state index contributed by atoms with van der Waals surface area (Å²) in [5.41, 5.74) is 1.88. The zero-order valence-corrected chi connectivity index (χ0v) is 16.2. The summed E-state index contributed by atoms with van der Waals surface area (Å²) < 4.78 is 29.8. The van der Waals surface area contributed by atoms with Crippen LogP contribution in [0.15, 0.2) is 52.7 Å². The van der Waals surface area contributed by atoms with Crippen molar-refractivity contribution in [3.8, 4) is 0 Å². The third kappa shape index (κ3) is 3.95. The molecule has 0 fully saturated rings. The molecule has 8 heteroatoms. The molecule has 0 aliphatic carbocycles. The number of nitrogens with zero attached hydrogens (tertiary/aromatic N) is 2. The maximum Gasteiger partial charge on any atom is 0.242 e. The van der Waals surface area contributed by atoms with Gasteiger partial charge in [0.05, 0.1) is 16.8 Å². The quantitative estimate of drug-likeness (QED) is 0.690. The molecule has 1 aromatic carbocycles. The van der Waals surface area contributed by atoms with Crippen LogP contribution in [0.25, 0.3) is 0 Å². The first-order chi connectivity index (χ1) is 11.9. The molecule has 2 aromatic heterocycles. The van der Waals surface area contributed by atoms with Gasteiger partial charge in [0.2, 0.25) is 10.0 Å². The first kappa shape index (κ1) is 18.1. The van der Waals surface area contributed by atoms with Gasteiger partial charge in [-0.25, -0.2) is 13.1 Å². The molecule has 3 aromatic rings. The highest BCUT2D eigenvalue weighted by molar-refractivity contribution is 7.89. The van der Waals surface area contributed by atoms with Crippen LogP contribution in [-0.4, -0.2) is 24.7 Å². The lowest BCUT2D eigenvalue weighted by molar-refractivity contribution is 0.499. The van der Waals surface area contributed by atoms with E-state index >= 15 is 0 Å². The minimum Gasteiger partial charge on any atom is -0.260 e. The number of thiophene rings is 1. The molecule has 5 nitrogen and oxygen atoms in total. The number of rotatable bonds is 6. The van der Waals surface area contributed by atoms with E-state index in [0.717, 1.165) is 16.3 Å². The number of hydrogen-bond acceptors (Lipinski definition) is 4. The van der Waals surface area contributed by atoms with E-state index in [-0.39, 0.29) is 22.5 Å². The molecule has 3 rings (SSSR count). The highest BCUT2D eigenvalue weighted by Gasteiger charge is 2.23. The molecule has 0 radical (unpaired) electrons. The van der Waals surface area contributed by atoms with Gasteiger partial charge in [-0.3, -0.25) is 4.68 Å². The van der Waals surface area contributed by atoms with Crippen molar-refractivity contribution in [2.45, 2.75) is 24.8 Å². The van der Waals surface area contributed by atoms with Gasteiger partial charge in [-0.2, -0.15) is 5.10 Å². The molecule has 0 aliphatic heterocycles. The van der Waals surface area contributed by atoms with E-state index in [9.17, 15) is 8.42 Å². The Hall–Kier alpha value is -1.67. The Balaban J connectivity index is 1.90. The summed E-state index contributed by atoms with van der Waals surface area (Å²) in [4.78, 5) is 1.11. The normalized spacial score (nSPS) is 13.1. The van der Waals surface area contributed by atoms with Gasteiger partial charge in [0.1, 0.15) is 4.90 Å². The summed E-state index contributed by atoms with van der Waals surface area (Å²) in [7, 11) is -3.71. The summed E-state index contributed by atoms with van der Waals surface area (Å²) in [6.45, 7) is 4.07. The van der Waals surface area contributed by atoms with Crippen molar-refractivity contribution in [2.75, 3.05) is 6.54 Å². The van der Waals surface area contributed by atoms with Gasteiger partial charge >= 0.3 is 0 Å². The number of halogens is 1. The lowest BCUT2D eigenvalue weighted by atomic mass is 10.2. The summed E-state index contributed by atoms with van der Waals surface area (Å²) in [6.07, 6.45) is 0. The van der Waals surface area contributed by atoms with Gasteiger partial charge in [-0.1, -0.05) is 29.8 Å². The second kappa shape index (κ2) is 7.29. The first-order valence-corrected chi connectivity index (χ1v) is 10.4. The average Bonchev–Trinajstić information content (AvgIpc) is 3.18. The Kier molecular flexibility index (Phi) is 5.29. The lowest BCUT2D eigenvalue weighted by Crippen LogP contribution is -2.32. The minimum atomic E-state index is -3.71. The molecule has 0 spiro atoms. The molecule has 0 amide bonds. The fraction of sp³-hybridized carbons (Fsp3) is 0.235. The fourth-order valence-corrected chi connectivity index (χ4v) is 5.05.